The smallest absolute Gasteiger partial charge is 0.241 e. The summed E-state index contributed by atoms with van der Waals surface area (Å²) in [5.41, 5.74) is 0.752. The average molecular weight is 255 g/mol. The molecule has 2 N–H and O–H groups in total. The molecule has 1 amide bonds. The van der Waals surface area contributed by atoms with Gasteiger partial charge >= 0.3 is 0 Å². The summed E-state index contributed by atoms with van der Waals surface area (Å²) in [5, 5.41) is 6.62. The molecule has 1 aliphatic rings. The normalized spacial score (nSPS) is 23.6. The van der Waals surface area contributed by atoms with E-state index < -0.39 is 0 Å². The van der Waals surface area contributed by atoms with Gasteiger partial charge in [0.2, 0.25) is 5.91 Å². The molecule has 1 heterocycles. The summed E-state index contributed by atoms with van der Waals surface area (Å²) in [7, 11) is 1.66. The van der Waals surface area contributed by atoms with E-state index in [4.69, 9.17) is 16.3 Å². The molecule has 0 spiro atoms. The molecule has 1 aliphatic heterocycles. The second kappa shape index (κ2) is 5.49. The monoisotopic (exact) mass is 254 g/mol. The Balaban J connectivity index is 1.91. The topological polar surface area (TPSA) is 50.4 Å². The third-order valence-electron chi connectivity index (χ3n) is 2.85. The van der Waals surface area contributed by atoms with Gasteiger partial charge in [0.25, 0.3) is 0 Å². The molecule has 2 unspecified atom stereocenters. The van der Waals surface area contributed by atoms with Crippen molar-refractivity contribution in [3.8, 4) is 0 Å². The number of methoxy groups -OCH3 is 1. The zero-order valence-corrected chi connectivity index (χ0v) is 10.3. The first-order chi connectivity index (χ1) is 8.19. The maximum absolute atomic E-state index is 11.9. The van der Waals surface area contributed by atoms with Gasteiger partial charge in [0.15, 0.2) is 0 Å². The van der Waals surface area contributed by atoms with Crippen LogP contribution in [0.25, 0.3) is 0 Å². The van der Waals surface area contributed by atoms with Crippen LogP contribution in [0.1, 0.15) is 6.42 Å². The number of amides is 1. The zero-order valence-electron chi connectivity index (χ0n) is 9.57. The van der Waals surface area contributed by atoms with Crippen molar-refractivity contribution < 1.29 is 9.53 Å². The van der Waals surface area contributed by atoms with Gasteiger partial charge in [-0.1, -0.05) is 11.6 Å². The Morgan fingerprint density at radius 1 is 1.47 bits per heavy atom. The number of nitrogens with one attached hydrogen (secondary N) is 2. The summed E-state index contributed by atoms with van der Waals surface area (Å²) < 4.78 is 5.20. The number of rotatable bonds is 3. The van der Waals surface area contributed by atoms with Crippen LogP contribution in [0.3, 0.4) is 0 Å². The van der Waals surface area contributed by atoms with Crippen molar-refractivity contribution in [1.29, 1.82) is 0 Å². The van der Waals surface area contributed by atoms with E-state index in [1.807, 2.05) is 0 Å². The second-order valence-electron chi connectivity index (χ2n) is 4.05. The van der Waals surface area contributed by atoms with Crippen molar-refractivity contribution in [3.63, 3.8) is 0 Å². The van der Waals surface area contributed by atoms with Crippen LogP contribution in [-0.2, 0) is 9.53 Å². The largest absolute Gasteiger partial charge is 0.380 e. The van der Waals surface area contributed by atoms with Gasteiger partial charge in [0.1, 0.15) is 0 Å². The summed E-state index contributed by atoms with van der Waals surface area (Å²) in [6.45, 7) is 0.717. The fourth-order valence-electron chi connectivity index (χ4n) is 1.85. The van der Waals surface area contributed by atoms with Crippen molar-refractivity contribution in [2.45, 2.75) is 18.6 Å². The highest BCUT2D eigenvalue weighted by molar-refractivity contribution is 6.30. The number of hydrogen-bond acceptors (Lipinski definition) is 3. The van der Waals surface area contributed by atoms with Gasteiger partial charge in [-0.25, -0.2) is 0 Å². The minimum atomic E-state index is -0.185. The van der Waals surface area contributed by atoms with Crippen LogP contribution in [0.15, 0.2) is 24.3 Å². The lowest BCUT2D eigenvalue weighted by atomic mass is 10.2. The van der Waals surface area contributed by atoms with Crippen molar-refractivity contribution >= 4 is 23.2 Å². The summed E-state index contributed by atoms with van der Waals surface area (Å²) in [6, 6.07) is 6.87. The maximum Gasteiger partial charge on any atom is 0.241 e. The van der Waals surface area contributed by atoms with E-state index in [0.717, 1.165) is 12.2 Å². The molecular weight excluding hydrogens is 240 g/mol. The molecule has 0 radical (unpaired) electrons. The predicted octanol–water partition coefficient (Wildman–Crippen LogP) is 1.66. The molecule has 1 aromatic carbocycles. The van der Waals surface area contributed by atoms with Gasteiger partial charge in [0.05, 0.1) is 12.1 Å². The Bertz CT molecular complexity index is 394. The molecule has 4 nitrogen and oxygen atoms in total. The Morgan fingerprint density at radius 3 is 2.76 bits per heavy atom. The Kier molecular flexibility index (Phi) is 3.99. The fourth-order valence-corrected chi connectivity index (χ4v) is 1.97. The van der Waals surface area contributed by atoms with Crippen molar-refractivity contribution in [2.24, 2.45) is 0 Å². The van der Waals surface area contributed by atoms with Crippen LogP contribution in [0.5, 0.6) is 0 Å². The first-order valence-electron chi connectivity index (χ1n) is 5.51. The van der Waals surface area contributed by atoms with Gasteiger partial charge in [0, 0.05) is 24.4 Å². The molecular formula is C12H15ClN2O2. The number of carbonyl (C=O) groups is 1. The minimum absolute atomic E-state index is 0.0353. The van der Waals surface area contributed by atoms with Gasteiger partial charge in [-0.3, -0.25) is 4.79 Å². The molecule has 0 bridgehead atoms. The van der Waals surface area contributed by atoms with Crippen LogP contribution in [-0.4, -0.2) is 31.7 Å². The van der Waals surface area contributed by atoms with Crippen LogP contribution in [0.4, 0.5) is 5.69 Å². The summed E-state index contributed by atoms with van der Waals surface area (Å²) >= 11 is 5.77. The standard InChI is InChI=1S/C12H15ClN2O2/c1-17-10-6-11(14-7-10)12(16)15-9-4-2-8(13)3-5-9/h2-5,10-11,14H,6-7H2,1H3,(H,15,16). The lowest BCUT2D eigenvalue weighted by Gasteiger charge is -2.11. The fraction of sp³-hybridized carbons (Fsp3) is 0.417. The highest BCUT2D eigenvalue weighted by Crippen LogP contribution is 2.15. The summed E-state index contributed by atoms with van der Waals surface area (Å²) in [6.07, 6.45) is 0.826. The van der Waals surface area contributed by atoms with Crippen LogP contribution in [0, 0.1) is 0 Å². The number of carbonyl (C=O) groups excluding carboxylic acids is 1. The van der Waals surface area contributed by atoms with Crippen LogP contribution < -0.4 is 10.6 Å². The van der Waals surface area contributed by atoms with E-state index in [2.05, 4.69) is 10.6 Å². The highest BCUT2D eigenvalue weighted by Gasteiger charge is 2.29. The van der Waals surface area contributed by atoms with Gasteiger partial charge in [-0.15, -0.1) is 0 Å². The van der Waals surface area contributed by atoms with Crippen molar-refractivity contribution in [3.05, 3.63) is 29.3 Å². The minimum Gasteiger partial charge on any atom is -0.380 e. The third kappa shape index (κ3) is 3.19. The zero-order chi connectivity index (χ0) is 12.3. The SMILES string of the molecule is COC1CNC(C(=O)Nc2ccc(Cl)cc2)C1. The molecule has 2 rings (SSSR count). The van der Waals surface area contributed by atoms with Gasteiger partial charge in [-0.05, 0) is 30.7 Å². The van der Waals surface area contributed by atoms with E-state index in [-0.39, 0.29) is 18.1 Å². The first-order valence-corrected chi connectivity index (χ1v) is 5.89. The molecule has 2 atom stereocenters. The van der Waals surface area contributed by atoms with E-state index in [1.54, 1.807) is 31.4 Å². The number of halogens is 1. The molecule has 0 saturated carbocycles. The Labute approximate surface area is 105 Å². The van der Waals surface area contributed by atoms with Crippen molar-refractivity contribution in [1.82, 2.24) is 5.32 Å². The van der Waals surface area contributed by atoms with E-state index in [1.165, 1.54) is 0 Å². The van der Waals surface area contributed by atoms with E-state index in [0.29, 0.717) is 11.4 Å². The second-order valence-corrected chi connectivity index (χ2v) is 4.49. The maximum atomic E-state index is 11.9. The van der Waals surface area contributed by atoms with Crippen molar-refractivity contribution in [2.75, 3.05) is 19.0 Å². The third-order valence-corrected chi connectivity index (χ3v) is 3.10. The summed E-state index contributed by atoms with van der Waals surface area (Å²) in [5.74, 6) is -0.0353. The lowest BCUT2D eigenvalue weighted by molar-refractivity contribution is -0.118. The van der Waals surface area contributed by atoms with Crippen LogP contribution >= 0.6 is 11.6 Å². The number of ether oxygens (including phenoxy) is 1. The molecule has 0 aliphatic carbocycles. The number of benzene rings is 1. The Morgan fingerprint density at radius 2 is 2.18 bits per heavy atom. The number of hydrogen-bond donors (Lipinski definition) is 2. The molecule has 1 fully saturated rings. The quantitative estimate of drug-likeness (QED) is 0.863. The van der Waals surface area contributed by atoms with Crippen LogP contribution in [0.2, 0.25) is 5.02 Å². The number of anilines is 1. The average Bonchev–Trinajstić information content (AvgIpc) is 2.81. The van der Waals surface area contributed by atoms with E-state index >= 15 is 0 Å². The lowest BCUT2D eigenvalue weighted by Crippen LogP contribution is -2.35. The molecule has 5 heteroatoms. The van der Waals surface area contributed by atoms with Gasteiger partial charge < -0.3 is 15.4 Å². The van der Waals surface area contributed by atoms with Gasteiger partial charge in [-0.2, -0.15) is 0 Å². The molecule has 1 aromatic rings. The molecule has 0 aromatic heterocycles. The first kappa shape index (κ1) is 12.4. The highest BCUT2D eigenvalue weighted by atomic mass is 35.5. The van der Waals surface area contributed by atoms with E-state index in [9.17, 15) is 4.79 Å². The predicted molar refractivity (Wildman–Crippen MR) is 67.3 cm³/mol. The Hall–Kier alpha value is -1.10. The molecule has 92 valence electrons. The molecule has 1 saturated heterocycles. The summed E-state index contributed by atoms with van der Waals surface area (Å²) in [4.78, 5) is 11.9. The molecule has 17 heavy (non-hydrogen) atoms.